The second-order valence-electron chi connectivity index (χ2n) is 4.54. The summed E-state index contributed by atoms with van der Waals surface area (Å²) in [6.07, 6.45) is 0.531. The second-order valence-corrected chi connectivity index (χ2v) is 5.06. The molecule has 5 heteroatoms. The molecule has 0 bridgehead atoms. The van der Waals surface area contributed by atoms with Crippen LogP contribution in [0.5, 0.6) is 5.75 Å². The van der Waals surface area contributed by atoms with Gasteiger partial charge in [-0.2, -0.15) is 0 Å². The van der Waals surface area contributed by atoms with Crippen molar-refractivity contribution in [2.75, 3.05) is 13.7 Å². The lowest BCUT2D eigenvalue weighted by atomic mass is 10.1. The molecule has 2 N–H and O–H groups in total. The summed E-state index contributed by atoms with van der Waals surface area (Å²) in [4.78, 5) is 14.6. The lowest BCUT2D eigenvalue weighted by Crippen LogP contribution is -2.38. The lowest BCUT2D eigenvalue weighted by molar-refractivity contribution is 0.0711. The second kappa shape index (κ2) is 7.09. The van der Waals surface area contributed by atoms with Gasteiger partial charge in [-0.3, -0.25) is 4.79 Å². The van der Waals surface area contributed by atoms with Gasteiger partial charge in [0, 0.05) is 24.6 Å². The van der Waals surface area contributed by atoms with Gasteiger partial charge in [0.25, 0.3) is 5.91 Å². The maximum absolute atomic E-state index is 12.5. The van der Waals surface area contributed by atoms with Crippen LogP contribution in [0.3, 0.4) is 0 Å². The number of nitrogens with zero attached hydrogens (tertiary/aromatic N) is 1. The number of nitrogens with two attached hydrogens (primary N) is 1. The van der Waals surface area contributed by atoms with Crippen molar-refractivity contribution in [1.29, 1.82) is 0 Å². The van der Waals surface area contributed by atoms with Crippen LogP contribution in [0.2, 0.25) is 0 Å². The van der Waals surface area contributed by atoms with E-state index in [9.17, 15) is 4.79 Å². The van der Waals surface area contributed by atoms with Crippen LogP contribution < -0.4 is 10.5 Å². The van der Waals surface area contributed by atoms with Crippen LogP contribution in [-0.4, -0.2) is 35.5 Å². The maximum atomic E-state index is 12.5. The molecule has 104 valence electrons. The first kappa shape index (κ1) is 15.4. The molecule has 1 aromatic rings. The lowest BCUT2D eigenvalue weighted by Gasteiger charge is -2.26. The van der Waals surface area contributed by atoms with Gasteiger partial charge in [0.05, 0.1) is 12.1 Å². The molecule has 0 fully saturated rings. The Morgan fingerprint density at radius 3 is 2.68 bits per heavy atom. The van der Waals surface area contributed by atoms with Crippen molar-refractivity contribution in [3.63, 3.8) is 0 Å². The molecule has 4 nitrogen and oxygen atoms in total. The Bertz CT molecular complexity index is 461. The van der Waals surface area contributed by atoms with Crippen LogP contribution in [-0.2, 0) is 0 Å². The molecule has 0 unspecified atom stereocenters. The van der Waals surface area contributed by atoms with E-state index in [1.54, 1.807) is 30.2 Å². The molecule has 0 saturated carbocycles. The summed E-state index contributed by atoms with van der Waals surface area (Å²) in [6, 6.07) is 7.22. The van der Waals surface area contributed by atoms with E-state index >= 15 is 0 Å². The van der Waals surface area contributed by atoms with E-state index in [2.05, 4.69) is 0 Å². The molecule has 19 heavy (non-hydrogen) atoms. The molecule has 0 spiro atoms. The van der Waals surface area contributed by atoms with Gasteiger partial charge in [-0.05, 0) is 32.0 Å². The zero-order valence-electron chi connectivity index (χ0n) is 11.6. The van der Waals surface area contributed by atoms with Gasteiger partial charge < -0.3 is 15.4 Å². The summed E-state index contributed by atoms with van der Waals surface area (Å²) < 4.78 is 5.13. The van der Waals surface area contributed by atoms with E-state index in [0.29, 0.717) is 29.3 Å². The standard InChI is InChI=1S/C14H20N2O2S/c1-10(2)16(8-7-13(15)19)14(17)11-5-4-6-12(9-11)18-3/h4-6,9-10H,7-8H2,1-3H3,(H2,15,19). The molecule has 0 aromatic heterocycles. The summed E-state index contributed by atoms with van der Waals surface area (Å²) in [5, 5.41) is 0. The molecular formula is C14H20N2O2S. The van der Waals surface area contributed by atoms with E-state index < -0.39 is 0 Å². The van der Waals surface area contributed by atoms with Gasteiger partial charge in [-0.25, -0.2) is 0 Å². The predicted molar refractivity (Wildman–Crippen MR) is 80.6 cm³/mol. The summed E-state index contributed by atoms with van der Waals surface area (Å²) in [5.41, 5.74) is 6.11. The number of benzene rings is 1. The van der Waals surface area contributed by atoms with E-state index in [0.717, 1.165) is 0 Å². The molecule has 1 rings (SSSR count). The first-order valence-electron chi connectivity index (χ1n) is 6.19. The summed E-state index contributed by atoms with van der Waals surface area (Å²) >= 11 is 4.86. The highest BCUT2D eigenvalue weighted by molar-refractivity contribution is 7.80. The highest BCUT2D eigenvalue weighted by Crippen LogP contribution is 2.16. The fraction of sp³-hybridized carbons (Fsp3) is 0.429. The quantitative estimate of drug-likeness (QED) is 0.812. The largest absolute Gasteiger partial charge is 0.497 e. The zero-order valence-corrected chi connectivity index (χ0v) is 12.4. The first-order valence-corrected chi connectivity index (χ1v) is 6.60. The molecule has 0 radical (unpaired) electrons. The molecule has 0 saturated heterocycles. The normalized spacial score (nSPS) is 10.3. The van der Waals surface area contributed by atoms with Crippen molar-refractivity contribution >= 4 is 23.1 Å². The maximum Gasteiger partial charge on any atom is 0.254 e. The molecule has 0 aliphatic rings. The van der Waals surface area contributed by atoms with Gasteiger partial charge in [0.1, 0.15) is 5.75 Å². The molecular weight excluding hydrogens is 260 g/mol. The van der Waals surface area contributed by atoms with Gasteiger partial charge in [-0.15, -0.1) is 0 Å². The Kier molecular flexibility index (Phi) is 5.76. The Morgan fingerprint density at radius 1 is 1.47 bits per heavy atom. The number of carbonyl (C=O) groups excluding carboxylic acids is 1. The summed E-state index contributed by atoms with van der Waals surface area (Å²) in [5.74, 6) is 0.633. The third kappa shape index (κ3) is 4.52. The van der Waals surface area contributed by atoms with Gasteiger partial charge in [0.2, 0.25) is 0 Å². The molecule has 1 amide bonds. The SMILES string of the molecule is COc1cccc(C(=O)N(CCC(N)=S)C(C)C)c1. The van der Waals surface area contributed by atoms with Crippen LogP contribution in [0, 0.1) is 0 Å². The van der Waals surface area contributed by atoms with E-state index in [4.69, 9.17) is 22.7 Å². The third-order valence-corrected chi connectivity index (χ3v) is 3.00. The fourth-order valence-electron chi connectivity index (χ4n) is 1.75. The Labute approximate surface area is 119 Å². The first-order chi connectivity index (χ1) is 8.95. The highest BCUT2D eigenvalue weighted by atomic mass is 32.1. The Morgan fingerprint density at radius 2 is 2.16 bits per heavy atom. The van der Waals surface area contributed by atoms with Gasteiger partial charge in [0.15, 0.2) is 0 Å². The predicted octanol–water partition coefficient (Wildman–Crippen LogP) is 2.22. The fourth-order valence-corrected chi connectivity index (χ4v) is 1.84. The zero-order chi connectivity index (χ0) is 14.4. The minimum absolute atomic E-state index is 0.0369. The smallest absolute Gasteiger partial charge is 0.254 e. The topological polar surface area (TPSA) is 55.6 Å². The van der Waals surface area contributed by atoms with Gasteiger partial charge >= 0.3 is 0 Å². The van der Waals surface area contributed by atoms with Crippen molar-refractivity contribution in [1.82, 2.24) is 4.90 Å². The third-order valence-electron chi connectivity index (χ3n) is 2.80. The van der Waals surface area contributed by atoms with E-state index in [-0.39, 0.29) is 11.9 Å². The van der Waals surface area contributed by atoms with Crippen LogP contribution in [0.15, 0.2) is 24.3 Å². The van der Waals surface area contributed by atoms with Gasteiger partial charge in [-0.1, -0.05) is 18.3 Å². The number of methoxy groups -OCH3 is 1. The van der Waals surface area contributed by atoms with Crippen LogP contribution in [0.4, 0.5) is 0 Å². The monoisotopic (exact) mass is 280 g/mol. The van der Waals surface area contributed by atoms with E-state index in [1.807, 2.05) is 19.9 Å². The average molecular weight is 280 g/mol. The van der Waals surface area contributed by atoms with E-state index in [1.165, 1.54) is 0 Å². The van der Waals surface area contributed by atoms with Crippen LogP contribution in [0.25, 0.3) is 0 Å². The average Bonchev–Trinajstić information content (AvgIpc) is 2.38. The number of ether oxygens (including phenoxy) is 1. The number of hydrogen-bond acceptors (Lipinski definition) is 3. The summed E-state index contributed by atoms with van der Waals surface area (Å²) in [7, 11) is 1.58. The molecule has 0 aliphatic carbocycles. The minimum atomic E-state index is -0.0369. The van der Waals surface area contributed by atoms with Crippen molar-refractivity contribution in [3.05, 3.63) is 29.8 Å². The minimum Gasteiger partial charge on any atom is -0.497 e. The molecule has 0 heterocycles. The summed E-state index contributed by atoms with van der Waals surface area (Å²) in [6.45, 7) is 4.47. The number of thiocarbonyl (C=S) groups is 1. The van der Waals surface area contributed by atoms with Crippen molar-refractivity contribution in [2.45, 2.75) is 26.3 Å². The molecule has 0 atom stereocenters. The number of hydrogen-bond donors (Lipinski definition) is 1. The van der Waals surface area contributed by atoms with Crippen molar-refractivity contribution < 1.29 is 9.53 Å². The molecule has 1 aromatic carbocycles. The number of carbonyl (C=O) groups is 1. The molecule has 0 aliphatic heterocycles. The van der Waals surface area contributed by atoms with Crippen LogP contribution >= 0.6 is 12.2 Å². The Hall–Kier alpha value is -1.62. The van der Waals surface area contributed by atoms with Crippen molar-refractivity contribution in [3.8, 4) is 5.75 Å². The highest BCUT2D eigenvalue weighted by Gasteiger charge is 2.19. The van der Waals surface area contributed by atoms with Crippen molar-refractivity contribution in [2.24, 2.45) is 5.73 Å². The Balaban J connectivity index is 2.88. The number of rotatable bonds is 6. The number of amides is 1. The van der Waals surface area contributed by atoms with Crippen LogP contribution in [0.1, 0.15) is 30.6 Å².